The number of rotatable bonds is 3. The zero-order valence-electron chi connectivity index (χ0n) is 16.1. The number of carboxylic acids is 1. The molecule has 0 aliphatic carbocycles. The van der Waals surface area contributed by atoms with E-state index >= 15 is 0 Å². The second kappa shape index (κ2) is 7.21. The summed E-state index contributed by atoms with van der Waals surface area (Å²) in [6.07, 6.45) is 5.11. The van der Waals surface area contributed by atoms with Crippen LogP contribution >= 0.6 is 0 Å². The van der Waals surface area contributed by atoms with Gasteiger partial charge in [0.15, 0.2) is 5.69 Å². The maximum atomic E-state index is 11.3. The number of carbonyl (C=O) groups is 1. The lowest BCUT2D eigenvalue weighted by Crippen LogP contribution is -2.59. The number of carboxylic acid groups (broad SMARTS) is 1. The number of fused-ring (bicyclic) bond motifs is 4. The molecule has 4 heterocycles. The molecular weight excluding hydrogens is 350 g/mol. The summed E-state index contributed by atoms with van der Waals surface area (Å²) in [5.41, 5.74) is 1.59. The fourth-order valence-corrected chi connectivity index (χ4v) is 5.75. The molecule has 1 N–H and O–H groups in total. The van der Waals surface area contributed by atoms with Gasteiger partial charge in [0.2, 0.25) is 0 Å². The molecule has 0 radical (unpaired) electrons. The smallest absolute Gasteiger partial charge is 0.354 e. The van der Waals surface area contributed by atoms with Crippen LogP contribution in [0.3, 0.4) is 0 Å². The summed E-state index contributed by atoms with van der Waals surface area (Å²) < 4.78 is 0. The molecule has 5 rings (SSSR count). The van der Waals surface area contributed by atoms with Gasteiger partial charge in [0, 0.05) is 31.7 Å². The number of hydrogen-bond acceptors (Lipinski definition) is 4. The van der Waals surface area contributed by atoms with Crippen LogP contribution in [0.4, 0.5) is 5.82 Å². The molecule has 0 spiro atoms. The van der Waals surface area contributed by atoms with Crippen molar-refractivity contribution in [1.29, 1.82) is 0 Å². The van der Waals surface area contributed by atoms with Crippen molar-refractivity contribution in [3.63, 3.8) is 0 Å². The van der Waals surface area contributed by atoms with E-state index in [2.05, 4.69) is 45.1 Å². The highest BCUT2D eigenvalue weighted by Gasteiger charge is 2.45. The molecule has 3 saturated heterocycles. The average Bonchev–Trinajstić information content (AvgIpc) is 2.74. The van der Waals surface area contributed by atoms with Crippen molar-refractivity contribution in [3.8, 4) is 0 Å². The Balaban J connectivity index is 1.38. The van der Waals surface area contributed by atoms with Crippen LogP contribution in [0.5, 0.6) is 0 Å². The average molecular weight is 377 g/mol. The fraction of sp³-hybridized carbons (Fsp3) is 0.478. The molecular formula is C23H27N3O2. The zero-order valence-corrected chi connectivity index (χ0v) is 16.1. The molecule has 0 unspecified atom stereocenters. The van der Waals surface area contributed by atoms with Crippen LogP contribution in [0.15, 0.2) is 48.5 Å². The number of pyridine rings is 1. The summed E-state index contributed by atoms with van der Waals surface area (Å²) >= 11 is 0. The minimum absolute atomic E-state index is 0.136. The van der Waals surface area contributed by atoms with E-state index in [9.17, 15) is 9.90 Å². The number of nitrogens with zero attached hydrogens (tertiary/aromatic N) is 3. The topological polar surface area (TPSA) is 56.7 Å². The minimum atomic E-state index is -0.955. The van der Waals surface area contributed by atoms with E-state index in [1.807, 2.05) is 12.1 Å². The van der Waals surface area contributed by atoms with E-state index in [1.54, 1.807) is 6.07 Å². The van der Waals surface area contributed by atoms with Gasteiger partial charge in [-0.15, -0.1) is 0 Å². The Bertz CT molecular complexity index is 856. The second-order valence-corrected chi connectivity index (χ2v) is 8.57. The number of piperidine rings is 3. The monoisotopic (exact) mass is 377 g/mol. The maximum absolute atomic E-state index is 11.3. The number of anilines is 1. The largest absolute Gasteiger partial charge is 0.477 e. The van der Waals surface area contributed by atoms with Crippen molar-refractivity contribution in [2.45, 2.75) is 37.8 Å². The predicted octanol–water partition coefficient (Wildman–Crippen LogP) is 3.83. The van der Waals surface area contributed by atoms with Crippen molar-refractivity contribution in [1.82, 2.24) is 9.88 Å². The summed E-state index contributed by atoms with van der Waals surface area (Å²) in [4.78, 5) is 20.8. The van der Waals surface area contributed by atoms with E-state index in [-0.39, 0.29) is 5.69 Å². The Morgan fingerprint density at radius 2 is 1.86 bits per heavy atom. The van der Waals surface area contributed by atoms with Crippen molar-refractivity contribution < 1.29 is 9.90 Å². The molecule has 3 aliphatic heterocycles. The Morgan fingerprint density at radius 3 is 2.68 bits per heavy atom. The van der Waals surface area contributed by atoms with Crippen molar-refractivity contribution in [2.24, 2.45) is 11.8 Å². The third kappa shape index (κ3) is 3.18. The summed E-state index contributed by atoms with van der Waals surface area (Å²) in [5.74, 6) is 1.12. The molecule has 28 heavy (non-hydrogen) atoms. The van der Waals surface area contributed by atoms with Crippen LogP contribution in [0.2, 0.25) is 0 Å². The van der Waals surface area contributed by atoms with E-state index in [4.69, 9.17) is 0 Å². The highest BCUT2D eigenvalue weighted by atomic mass is 16.4. The first-order valence-electron chi connectivity index (χ1n) is 10.4. The predicted molar refractivity (Wildman–Crippen MR) is 109 cm³/mol. The Morgan fingerprint density at radius 1 is 1.00 bits per heavy atom. The lowest BCUT2D eigenvalue weighted by molar-refractivity contribution is -0.0200. The lowest BCUT2D eigenvalue weighted by Gasteiger charge is -2.55. The lowest BCUT2D eigenvalue weighted by atomic mass is 9.74. The van der Waals surface area contributed by atoms with Gasteiger partial charge in [-0.3, -0.25) is 4.90 Å². The molecule has 2 aromatic rings. The Kier molecular flexibility index (Phi) is 4.55. The van der Waals surface area contributed by atoms with E-state index in [1.165, 1.54) is 31.2 Å². The molecule has 2 bridgehead atoms. The van der Waals surface area contributed by atoms with Crippen LogP contribution < -0.4 is 4.90 Å². The van der Waals surface area contributed by atoms with Crippen LogP contribution in [-0.4, -0.2) is 46.6 Å². The Labute approximate surface area is 166 Å². The summed E-state index contributed by atoms with van der Waals surface area (Å²) in [7, 11) is 0. The molecule has 146 valence electrons. The SMILES string of the molecule is O=C(O)c1cccc(N2C[C@@H]3C[C@H](C2)[C@@H]2CCC[C@H](c4ccccc4)N2C3)n1. The molecule has 5 nitrogen and oxygen atoms in total. The van der Waals surface area contributed by atoms with E-state index in [0.29, 0.717) is 23.9 Å². The zero-order chi connectivity index (χ0) is 19.1. The van der Waals surface area contributed by atoms with Gasteiger partial charge in [-0.05, 0) is 55.2 Å². The van der Waals surface area contributed by atoms with Crippen molar-refractivity contribution in [2.75, 3.05) is 24.5 Å². The highest BCUT2D eigenvalue weighted by Crippen LogP contribution is 2.44. The third-order valence-corrected chi connectivity index (χ3v) is 6.85. The quantitative estimate of drug-likeness (QED) is 0.881. The molecule has 4 atom stereocenters. The van der Waals surface area contributed by atoms with E-state index in [0.717, 1.165) is 25.5 Å². The van der Waals surface area contributed by atoms with Crippen molar-refractivity contribution in [3.05, 3.63) is 59.8 Å². The summed E-state index contributed by atoms with van der Waals surface area (Å²) in [6, 6.07) is 17.5. The number of aromatic carboxylic acids is 1. The normalized spacial score (nSPS) is 29.9. The number of hydrogen-bond donors (Lipinski definition) is 1. The Hall–Kier alpha value is -2.40. The van der Waals surface area contributed by atoms with Gasteiger partial charge in [-0.2, -0.15) is 0 Å². The first kappa shape index (κ1) is 17.7. The van der Waals surface area contributed by atoms with Gasteiger partial charge in [-0.25, -0.2) is 9.78 Å². The molecule has 3 fully saturated rings. The molecule has 0 amide bonds. The van der Waals surface area contributed by atoms with Gasteiger partial charge in [0.25, 0.3) is 0 Å². The molecule has 3 aliphatic rings. The van der Waals surface area contributed by atoms with Crippen LogP contribution in [0, 0.1) is 11.8 Å². The van der Waals surface area contributed by atoms with Gasteiger partial charge >= 0.3 is 5.97 Å². The highest BCUT2D eigenvalue weighted by molar-refractivity contribution is 5.85. The number of aromatic nitrogens is 1. The van der Waals surface area contributed by atoms with Gasteiger partial charge in [0.1, 0.15) is 5.82 Å². The fourth-order valence-electron chi connectivity index (χ4n) is 5.75. The van der Waals surface area contributed by atoms with Crippen LogP contribution in [0.1, 0.15) is 47.8 Å². The molecule has 0 saturated carbocycles. The standard InChI is InChI=1S/C23H27N3O2/c27-23(28)19-8-4-11-22(24-19)25-13-16-12-18(15-25)21-10-5-9-20(26(21)14-16)17-6-2-1-3-7-17/h1-4,6-8,11,16,18,20-21H,5,9-10,12-15H2,(H,27,28)/t16-,18+,20+,21-/m0/s1. The first-order chi connectivity index (χ1) is 13.7. The third-order valence-electron chi connectivity index (χ3n) is 6.85. The van der Waals surface area contributed by atoms with E-state index < -0.39 is 5.97 Å². The van der Waals surface area contributed by atoms with Crippen LogP contribution in [-0.2, 0) is 0 Å². The summed E-state index contributed by atoms with van der Waals surface area (Å²) in [6.45, 7) is 3.09. The minimum Gasteiger partial charge on any atom is -0.477 e. The molecule has 5 heteroatoms. The van der Waals surface area contributed by atoms with Gasteiger partial charge in [0.05, 0.1) is 0 Å². The molecule has 1 aromatic heterocycles. The number of benzene rings is 1. The van der Waals surface area contributed by atoms with Crippen LogP contribution in [0.25, 0.3) is 0 Å². The summed E-state index contributed by atoms with van der Waals surface area (Å²) in [5, 5.41) is 9.27. The van der Waals surface area contributed by atoms with Crippen molar-refractivity contribution >= 4 is 11.8 Å². The molecule has 1 aromatic carbocycles. The second-order valence-electron chi connectivity index (χ2n) is 8.57. The maximum Gasteiger partial charge on any atom is 0.354 e. The first-order valence-corrected chi connectivity index (χ1v) is 10.4. The van der Waals surface area contributed by atoms with Gasteiger partial charge in [-0.1, -0.05) is 36.4 Å². The van der Waals surface area contributed by atoms with Gasteiger partial charge < -0.3 is 10.0 Å².